The van der Waals surface area contributed by atoms with Crippen molar-refractivity contribution >= 4 is 16.8 Å². The van der Waals surface area contributed by atoms with Crippen LogP contribution in [0, 0.1) is 5.92 Å². The number of rotatable bonds is 9. The van der Waals surface area contributed by atoms with Gasteiger partial charge in [-0.2, -0.15) is 0 Å². The molecule has 0 spiro atoms. The topological polar surface area (TPSA) is 82.3 Å². The van der Waals surface area contributed by atoms with E-state index in [0.29, 0.717) is 34.8 Å². The van der Waals surface area contributed by atoms with Gasteiger partial charge in [0.05, 0.1) is 36.7 Å². The van der Waals surface area contributed by atoms with Crippen molar-refractivity contribution in [3.05, 3.63) is 105 Å². The van der Waals surface area contributed by atoms with E-state index in [-0.39, 0.29) is 24.4 Å². The maximum atomic E-state index is 13.6. The van der Waals surface area contributed by atoms with Crippen molar-refractivity contribution in [1.82, 2.24) is 14.5 Å². The van der Waals surface area contributed by atoms with Gasteiger partial charge in [0.2, 0.25) is 5.91 Å². The highest BCUT2D eigenvalue weighted by molar-refractivity contribution is 5.79. The van der Waals surface area contributed by atoms with Gasteiger partial charge in [-0.05, 0) is 59.9 Å². The van der Waals surface area contributed by atoms with Crippen molar-refractivity contribution in [3.63, 3.8) is 0 Å². The first-order valence-electron chi connectivity index (χ1n) is 12.1. The first-order valence-corrected chi connectivity index (χ1v) is 12.1. The van der Waals surface area contributed by atoms with Crippen LogP contribution in [0.2, 0.25) is 0 Å². The summed E-state index contributed by atoms with van der Waals surface area (Å²) in [5.41, 5.74) is 1.91. The molecule has 0 atom stereocenters. The van der Waals surface area contributed by atoms with E-state index < -0.39 is 5.69 Å². The molecule has 7 nitrogen and oxygen atoms in total. The number of carbonyl (C=O) groups excluding carboxylic acids is 1. The van der Waals surface area contributed by atoms with Crippen molar-refractivity contribution in [1.29, 1.82) is 0 Å². The van der Waals surface area contributed by atoms with E-state index in [1.54, 1.807) is 54.1 Å². The number of ether oxygens (including phenoxy) is 1. The van der Waals surface area contributed by atoms with Crippen LogP contribution in [0.4, 0.5) is 0 Å². The average molecular weight is 486 g/mol. The zero-order valence-corrected chi connectivity index (χ0v) is 20.9. The second kappa shape index (κ2) is 11.1. The summed E-state index contributed by atoms with van der Waals surface area (Å²) in [6.45, 7) is 5.16. The van der Waals surface area contributed by atoms with E-state index in [9.17, 15) is 14.4 Å². The highest BCUT2D eigenvalue weighted by atomic mass is 16.5. The molecule has 186 valence electrons. The summed E-state index contributed by atoms with van der Waals surface area (Å²) >= 11 is 0. The molecule has 7 heteroatoms. The summed E-state index contributed by atoms with van der Waals surface area (Å²) in [6.07, 6.45) is 1.17. The van der Waals surface area contributed by atoms with E-state index in [4.69, 9.17) is 4.74 Å². The number of carbonyl (C=O) groups is 1. The van der Waals surface area contributed by atoms with Crippen LogP contribution in [0.15, 0.2) is 82.4 Å². The predicted octanol–water partition coefficient (Wildman–Crippen LogP) is 3.91. The fraction of sp³-hybridized carbons (Fsp3) is 0.276. The molecule has 36 heavy (non-hydrogen) atoms. The molecule has 0 fully saturated rings. The van der Waals surface area contributed by atoms with E-state index in [1.807, 2.05) is 30.3 Å². The van der Waals surface area contributed by atoms with E-state index in [2.05, 4.69) is 19.2 Å². The number of amides is 1. The number of benzene rings is 3. The third-order valence-electron chi connectivity index (χ3n) is 6.13. The summed E-state index contributed by atoms with van der Waals surface area (Å²) in [4.78, 5) is 39.2. The second-order valence-corrected chi connectivity index (χ2v) is 9.25. The van der Waals surface area contributed by atoms with E-state index >= 15 is 0 Å². The maximum absolute atomic E-state index is 13.6. The minimum absolute atomic E-state index is 0.0492. The lowest BCUT2D eigenvalue weighted by molar-refractivity contribution is -0.120. The Kier molecular flexibility index (Phi) is 7.68. The lowest BCUT2D eigenvalue weighted by Crippen LogP contribution is -2.39. The van der Waals surface area contributed by atoms with E-state index in [1.165, 1.54) is 4.57 Å². The fourth-order valence-electron chi connectivity index (χ4n) is 4.17. The predicted molar refractivity (Wildman–Crippen MR) is 142 cm³/mol. The molecule has 0 aliphatic rings. The number of hydrogen-bond acceptors (Lipinski definition) is 4. The third kappa shape index (κ3) is 5.57. The normalized spacial score (nSPS) is 11.1. The largest absolute Gasteiger partial charge is 0.497 e. The molecular weight excluding hydrogens is 454 g/mol. The van der Waals surface area contributed by atoms with Gasteiger partial charge in [-0.25, -0.2) is 9.36 Å². The van der Waals surface area contributed by atoms with Crippen molar-refractivity contribution in [2.45, 2.75) is 33.2 Å². The summed E-state index contributed by atoms with van der Waals surface area (Å²) in [7, 11) is 1.60. The Hall–Kier alpha value is -4.13. The molecule has 1 heterocycles. The Balaban J connectivity index is 1.68. The first-order chi connectivity index (χ1) is 17.4. The molecule has 0 saturated heterocycles. The molecule has 4 rings (SSSR count). The Labute approximate surface area is 210 Å². The molecule has 0 unspecified atom stereocenters. The van der Waals surface area contributed by atoms with Crippen LogP contribution in [0.1, 0.15) is 31.4 Å². The summed E-state index contributed by atoms with van der Waals surface area (Å²) in [5.74, 6) is 1.17. The Bertz CT molecular complexity index is 1480. The van der Waals surface area contributed by atoms with Gasteiger partial charge >= 0.3 is 5.69 Å². The smallest absolute Gasteiger partial charge is 0.336 e. The SMILES string of the molecule is COc1cccc(Cn2c(=O)n(-c3ccc(CC(=O)NCCC(C)C)cc3)c(=O)c3ccccc32)c1. The highest BCUT2D eigenvalue weighted by Crippen LogP contribution is 2.16. The third-order valence-corrected chi connectivity index (χ3v) is 6.13. The number of nitrogens with one attached hydrogen (secondary N) is 1. The molecular formula is C29H31N3O4. The van der Waals surface area contributed by atoms with Crippen molar-refractivity contribution in [3.8, 4) is 11.4 Å². The minimum Gasteiger partial charge on any atom is -0.497 e. The molecule has 1 amide bonds. The standard InChI is InChI=1S/C29H31N3O4/c1-20(2)15-16-30-27(33)18-21-11-13-23(14-12-21)32-28(34)25-9-4-5-10-26(25)31(29(32)35)19-22-7-6-8-24(17-22)36-3/h4-14,17,20H,15-16,18-19H2,1-3H3,(H,30,33). The van der Waals surface area contributed by atoms with Crippen LogP contribution in [-0.4, -0.2) is 28.7 Å². The van der Waals surface area contributed by atoms with Gasteiger partial charge in [-0.3, -0.25) is 14.2 Å². The van der Waals surface area contributed by atoms with E-state index in [0.717, 1.165) is 17.5 Å². The second-order valence-electron chi connectivity index (χ2n) is 9.25. The number of fused-ring (bicyclic) bond motifs is 1. The number of methoxy groups -OCH3 is 1. The van der Waals surface area contributed by atoms with Crippen LogP contribution >= 0.6 is 0 Å². The number of nitrogens with zero attached hydrogens (tertiary/aromatic N) is 2. The minimum atomic E-state index is -0.430. The van der Waals surface area contributed by atoms with Gasteiger partial charge in [0.15, 0.2) is 0 Å². The van der Waals surface area contributed by atoms with Crippen LogP contribution in [-0.2, 0) is 17.8 Å². The van der Waals surface area contributed by atoms with Crippen molar-refractivity contribution in [2.75, 3.05) is 13.7 Å². The average Bonchev–Trinajstić information content (AvgIpc) is 2.87. The molecule has 0 radical (unpaired) electrons. The van der Waals surface area contributed by atoms with Gasteiger partial charge in [0, 0.05) is 6.54 Å². The van der Waals surface area contributed by atoms with Crippen LogP contribution in [0.25, 0.3) is 16.6 Å². The fourth-order valence-corrected chi connectivity index (χ4v) is 4.17. The zero-order valence-electron chi connectivity index (χ0n) is 20.9. The maximum Gasteiger partial charge on any atom is 0.336 e. The zero-order chi connectivity index (χ0) is 25.7. The Morgan fingerprint density at radius 3 is 2.42 bits per heavy atom. The highest BCUT2D eigenvalue weighted by Gasteiger charge is 2.15. The molecule has 0 saturated carbocycles. The van der Waals surface area contributed by atoms with Crippen molar-refractivity contribution in [2.24, 2.45) is 5.92 Å². The van der Waals surface area contributed by atoms with Crippen LogP contribution in [0.3, 0.4) is 0 Å². The van der Waals surface area contributed by atoms with Gasteiger partial charge < -0.3 is 10.1 Å². The van der Waals surface area contributed by atoms with Crippen LogP contribution < -0.4 is 21.3 Å². The van der Waals surface area contributed by atoms with Gasteiger partial charge in [-0.1, -0.05) is 50.2 Å². The summed E-state index contributed by atoms with van der Waals surface area (Å²) in [5, 5.41) is 3.38. The first kappa shape index (κ1) is 25.0. The number of hydrogen-bond donors (Lipinski definition) is 1. The molecule has 4 aromatic rings. The van der Waals surface area contributed by atoms with Crippen LogP contribution in [0.5, 0.6) is 5.75 Å². The molecule has 0 aliphatic carbocycles. The monoisotopic (exact) mass is 485 g/mol. The lowest BCUT2D eigenvalue weighted by Gasteiger charge is -2.15. The molecule has 3 aromatic carbocycles. The molecule has 0 aliphatic heterocycles. The molecule has 0 bridgehead atoms. The van der Waals surface area contributed by atoms with Gasteiger partial charge in [-0.15, -0.1) is 0 Å². The Morgan fingerprint density at radius 1 is 0.944 bits per heavy atom. The quantitative estimate of drug-likeness (QED) is 0.390. The lowest BCUT2D eigenvalue weighted by atomic mass is 10.1. The summed E-state index contributed by atoms with van der Waals surface area (Å²) < 4.78 is 8.11. The van der Waals surface area contributed by atoms with Crippen molar-refractivity contribution < 1.29 is 9.53 Å². The summed E-state index contributed by atoms with van der Waals surface area (Å²) in [6, 6.07) is 21.6. The van der Waals surface area contributed by atoms with Gasteiger partial charge in [0.25, 0.3) is 5.56 Å². The molecule has 1 N–H and O–H groups in total. The Morgan fingerprint density at radius 2 is 1.69 bits per heavy atom. The molecule has 1 aromatic heterocycles. The number of para-hydroxylation sites is 1. The number of aromatic nitrogens is 2. The van der Waals surface area contributed by atoms with Gasteiger partial charge in [0.1, 0.15) is 5.75 Å².